The predicted molar refractivity (Wildman–Crippen MR) is 101 cm³/mol. The first-order chi connectivity index (χ1) is 13.3. The second kappa shape index (κ2) is 9.68. The molecular formula is C20H22F2N2O4. The van der Waals surface area contributed by atoms with Crippen molar-refractivity contribution in [3.63, 3.8) is 0 Å². The number of hydrogen-bond acceptors (Lipinski definition) is 4. The van der Waals surface area contributed by atoms with Gasteiger partial charge in [-0.1, -0.05) is 12.1 Å². The lowest BCUT2D eigenvalue weighted by molar-refractivity contribution is -0.129. The number of halogens is 2. The molecule has 0 radical (unpaired) electrons. The standard InChI is InChI=1S/C20H22F2N2O4/c1-4-24(13(2)25)12-14-6-5-7-16(10-14)23-19(26)15-8-9-17(28-20(21)22)18(11-15)27-3/h5-11,20H,4,12H2,1-3H3,(H,23,26). The summed E-state index contributed by atoms with van der Waals surface area (Å²) < 4.78 is 34.2. The number of amides is 2. The van der Waals surface area contributed by atoms with Crippen LogP contribution >= 0.6 is 0 Å². The first-order valence-corrected chi connectivity index (χ1v) is 8.62. The van der Waals surface area contributed by atoms with Gasteiger partial charge in [0.25, 0.3) is 5.91 Å². The van der Waals surface area contributed by atoms with Crippen LogP contribution in [0.2, 0.25) is 0 Å². The van der Waals surface area contributed by atoms with E-state index in [1.54, 1.807) is 23.1 Å². The average molecular weight is 392 g/mol. The van der Waals surface area contributed by atoms with E-state index in [-0.39, 0.29) is 23.0 Å². The van der Waals surface area contributed by atoms with Crippen LogP contribution in [0.15, 0.2) is 42.5 Å². The molecule has 0 aliphatic heterocycles. The van der Waals surface area contributed by atoms with Gasteiger partial charge in [0.1, 0.15) is 0 Å². The quantitative estimate of drug-likeness (QED) is 0.740. The molecule has 0 bridgehead atoms. The van der Waals surface area contributed by atoms with Crippen LogP contribution in [-0.4, -0.2) is 37.0 Å². The summed E-state index contributed by atoms with van der Waals surface area (Å²) in [5.74, 6) is -0.588. The summed E-state index contributed by atoms with van der Waals surface area (Å²) in [6.07, 6.45) is 0. The van der Waals surface area contributed by atoms with E-state index in [0.717, 1.165) is 5.56 Å². The van der Waals surface area contributed by atoms with Crippen molar-refractivity contribution >= 4 is 17.5 Å². The zero-order chi connectivity index (χ0) is 20.7. The fourth-order valence-corrected chi connectivity index (χ4v) is 2.62. The second-order valence-electron chi connectivity index (χ2n) is 5.93. The molecular weight excluding hydrogens is 370 g/mol. The molecule has 2 amide bonds. The summed E-state index contributed by atoms with van der Waals surface area (Å²) >= 11 is 0. The van der Waals surface area contributed by atoms with Gasteiger partial charge in [0.15, 0.2) is 11.5 Å². The number of rotatable bonds is 8. The number of benzene rings is 2. The Balaban J connectivity index is 2.14. The smallest absolute Gasteiger partial charge is 0.387 e. The fraction of sp³-hybridized carbons (Fsp3) is 0.300. The highest BCUT2D eigenvalue weighted by atomic mass is 19.3. The molecule has 0 atom stereocenters. The maximum absolute atomic E-state index is 12.5. The highest BCUT2D eigenvalue weighted by Gasteiger charge is 2.15. The van der Waals surface area contributed by atoms with Crippen molar-refractivity contribution in [2.24, 2.45) is 0 Å². The largest absolute Gasteiger partial charge is 0.493 e. The van der Waals surface area contributed by atoms with Gasteiger partial charge in [-0.25, -0.2) is 0 Å². The van der Waals surface area contributed by atoms with E-state index in [1.807, 2.05) is 13.0 Å². The summed E-state index contributed by atoms with van der Waals surface area (Å²) in [6, 6.07) is 11.1. The Kier molecular flexibility index (Phi) is 7.31. The second-order valence-corrected chi connectivity index (χ2v) is 5.93. The number of carbonyl (C=O) groups excluding carboxylic acids is 2. The molecule has 0 aliphatic carbocycles. The lowest BCUT2D eigenvalue weighted by Crippen LogP contribution is -2.27. The van der Waals surface area contributed by atoms with Crippen molar-refractivity contribution in [3.05, 3.63) is 53.6 Å². The Bertz CT molecular complexity index is 843. The van der Waals surface area contributed by atoms with Gasteiger partial charge in [-0.2, -0.15) is 8.78 Å². The number of carbonyl (C=O) groups is 2. The number of nitrogens with one attached hydrogen (secondary N) is 1. The number of nitrogens with zero attached hydrogens (tertiary/aromatic N) is 1. The minimum Gasteiger partial charge on any atom is -0.493 e. The molecule has 150 valence electrons. The molecule has 2 aromatic rings. The van der Waals surface area contributed by atoms with E-state index < -0.39 is 12.5 Å². The van der Waals surface area contributed by atoms with Crippen LogP contribution in [0.4, 0.5) is 14.5 Å². The first kappa shape index (κ1) is 21.1. The molecule has 0 saturated carbocycles. The number of ether oxygens (including phenoxy) is 2. The molecule has 0 heterocycles. The average Bonchev–Trinajstić information content (AvgIpc) is 2.66. The van der Waals surface area contributed by atoms with Gasteiger partial charge < -0.3 is 19.7 Å². The molecule has 2 aromatic carbocycles. The monoisotopic (exact) mass is 392 g/mol. The molecule has 8 heteroatoms. The Morgan fingerprint density at radius 2 is 1.89 bits per heavy atom. The van der Waals surface area contributed by atoms with E-state index in [2.05, 4.69) is 10.1 Å². The van der Waals surface area contributed by atoms with Crippen LogP contribution in [0, 0.1) is 0 Å². The highest BCUT2D eigenvalue weighted by Crippen LogP contribution is 2.29. The third-order valence-corrected chi connectivity index (χ3v) is 4.03. The molecule has 0 saturated heterocycles. The zero-order valence-corrected chi connectivity index (χ0v) is 15.9. The Labute approximate surface area is 162 Å². The van der Waals surface area contributed by atoms with Gasteiger partial charge in [-0.3, -0.25) is 9.59 Å². The van der Waals surface area contributed by atoms with Crippen molar-refractivity contribution in [3.8, 4) is 11.5 Å². The van der Waals surface area contributed by atoms with Gasteiger partial charge in [-0.15, -0.1) is 0 Å². The maximum atomic E-state index is 12.5. The van der Waals surface area contributed by atoms with E-state index in [1.165, 1.54) is 32.2 Å². The lowest BCUT2D eigenvalue weighted by Gasteiger charge is -2.19. The molecule has 0 spiro atoms. The predicted octanol–water partition coefficient (Wildman–Crippen LogP) is 3.92. The van der Waals surface area contributed by atoms with Crippen LogP contribution in [0.3, 0.4) is 0 Å². The Morgan fingerprint density at radius 1 is 1.14 bits per heavy atom. The molecule has 0 aromatic heterocycles. The topological polar surface area (TPSA) is 67.9 Å². The highest BCUT2D eigenvalue weighted by molar-refractivity contribution is 6.04. The van der Waals surface area contributed by atoms with Crippen molar-refractivity contribution < 1.29 is 27.8 Å². The first-order valence-electron chi connectivity index (χ1n) is 8.62. The van der Waals surface area contributed by atoms with Gasteiger partial charge in [0.2, 0.25) is 5.91 Å². The number of methoxy groups -OCH3 is 1. The summed E-state index contributed by atoms with van der Waals surface area (Å²) in [6.45, 7) is 1.42. The van der Waals surface area contributed by atoms with E-state index in [4.69, 9.17) is 4.74 Å². The Hall–Kier alpha value is -3.16. The summed E-state index contributed by atoms with van der Waals surface area (Å²) in [5, 5.41) is 2.74. The third kappa shape index (κ3) is 5.67. The zero-order valence-electron chi connectivity index (χ0n) is 15.9. The molecule has 0 unspecified atom stereocenters. The Morgan fingerprint density at radius 3 is 2.50 bits per heavy atom. The normalized spacial score (nSPS) is 10.5. The van der Waals surface area contributed by atoms with Crippen LogP contribution < -0.4 is 14.8 Å². The summed E-state index contributed by atoms with van der Waals surface area (Å²) in [7, 11) is 1.30. The molecule has 2 rings (SSSR count). The summed E-state index contributed by atoms with van der Waals surface area (Å²) in [4.78, 5) is 25.7. The third-order valence-electron chi connectivity index (χ3n) is 4.03. The minimum atomic E-state index is -2.99. The van der Waals surface area contributed by atoms with Crippen LogP contribution in [0.1, 0.15) is 29.8 Å². The molecule has 1 N–H and O–H groups in total. The van der Waals surface area contributed by atoms with Crippen molar-refractivity contribution in [1.29, 1.82) is 0 Å². The van der Waals surface area contributed by atoms with Crippen molar-refractivity contribution in [2.45, 2.75) is 27.0 Å². The van der Waals surface area contributed by atoms with Gasteiger partial charge in [-0.05, 0) is 42.8 Å². The van der Waals surface area contributed by atoms with E-state index in [9.17, 15) is 18.4 Å². The van der Waals surface area contributed by atoms with Crippen LogP contribution in [-0.2, 0) is 11.3 Å². The van der Waals surface area contributed by atoms with Gasteiger partial charge in [0.05, 0.1) is 7.11 Å². The number of alkyl halides is 2. The molecule has 0 aliphatic rings. The SMILES string of the molecule is CCN(Cc1cccc(NC(=O)c2ccc(OC(F)F)c(OC)c2)c1)C(C)=O. The minimum absolute atomic E-state index is 0.0294. The van der Waals surface area contributed by atoms with E-state index in [0.29, 0.717) is 18.8 Å². The molecule has 28 heavy (non-hydrogen) atoms. The lowest BCUT2D eigenvalue weighted by atomic mass is 10.1. The summed E-state index contributed by atoms with van der Waals surface area (Å²) in [5.41, 5.74) is 1.64. The van der Waals surface area contributed by atoms with Crippen LogP contribution in [0.25, 0.3) is 0 Å². The number of hydrogen-bond donors (Lipinski definition) is 1. The maximum Gasteiger partial charge on any atom is 0.387 e. The van der Waals surface area contributed by atoms with Crippen molar-refractivity contribution in [1.82, 2.24) is 4.90 Å². The number of anilines is 1. The van der Waals surface area contributed by atoms with E-state index >= 15 is 0 Å². The van der Waals surface area contributed by atoms with Gasteiger partial charge in [0, 0.05) is 31.3 Å². The van der Waals surface area contributed by atoms with Crippen LogP contribution in [0.5, 0.6) is 11.5 Å². The van der Waals surface area contributed by atoms with Gasteiger partial charge >= 0.3 is 6.61 Å². The van der Waals surface area contributed by atoms with Crippen molar-refractivity contribution in [2.75, 3.05) is 19.0 Å². The molecule has 6 nitrogen and oxygen atoms in total. The molecule has 0 fully saturated rings. The fourth-order valence-electron chi connectivity index (χ4n) is 2.62.